The van der Waals surface area contributed by atoms with Gasteiger partial charge in [0.15, 0.2) is 0 Å². The number of H-pyrrole nitrogens is 1. The molecule has 22 heavy (non-hydrogen) atoms. The molecule has 3 N–H and O–H groups in total. The Labute approximate surface area is 125 Å². The van der Waals surface area contributed by atoms with Gasteiger partial charge in [-0.25, -0.2) is 4.79 Å². The third-order valence-electron chi connectivity index (χ3n) is 3.51. The van der Waals surface area contributed by atoms with Gasteiger partial charge in [-0.1, -0.05) is 0 Å². The van der Waals surface area contributed by atoms with E-state index in [2.05, 4.69) is 4.98 Å². The fourth-order valence-electron chi connectivity index (χ4n) is 2.33. The zero-order chi connectivity index (χ0) is 16.5. The Kier molecular flexibility index (Phi) is 5.00. The van der Waals surface area contributed by atoms with Crippen molar-refractivity contribution in [2.75, 3.05) is 13.7 Å². The molecule has 1 aliphatic heterocycles. The van der Waals surface area contributed by atoms with Crippen LogP contribution in [0, 0.1) is 6.92 Å². The second-order valence-corrected chi connectivity index (χ2v) is 5.60. The van der Waals surface area contributed by atoms with E-state index in [9.17, 15) is 19.3 Å². The van der Waals surface area contributed by atoms with Crippen molar-refractivity contribution in [3.8, 4) is 0 Å². The Bertz CT molecular complexity index is 679. The maximum atomic E-state index is 11.9. The summed E-state index contributed by atoms with van der Waals surface area (Å²) in [6, 6.07) is 0. The van der Waals surface area contributed by atoms with E-state index in [1.165, 1.54) is 20.2 Å². The first-order valence-corrected chi connectivity index (χ1v) is 7.65. The highest BCUT2D eigenvalue weighted by atomic mass is 31.1. The van der Waals surface area contributed by atoms with E-state index in [0.29, 0.717) is 0 Å². The lowest BCUT2D eigenvalue weighted by Gasteiger charge is -2.29. The number of aryl methyl sites for hydroxylation is 1. The predicted octanol–water partition coefficient (Wildman–Crippen LogP) is -1.13. The van der Waals surface area contributed by atoms with Crippen LogP contribution in [0.25, 0.3) is 0 Å². The molecule has 1 saturated heterocycles. The van der Waals surface area contributed by atoms with Gasteiger partial charge in [0.05, 0.1) is 6.61 Å². The van der Waals surface area contributed by atoms with E-state index < -0.39 is 44.2 Å². The number of hydrogen-bond acceptors (Lipinski definition) is 7. The van der Waals surface area contributed by atoms with Gasteiger partial charge < -0.3 is 24.0 Å². The van der Waals surface area contributed by atoms with Crippen molar-refractivity contribution < 1.29 is 28.6 Å². The summed E-state index contributed by atoms with van der Waals surface area (Å²) in [5, 5.41) is 9.48. The number of aliphatic hydroxyl groups is 1. The molecule has 10 nitrogen and oxygen atoms in total. The van der Waals surface area contributed by atoms with Crippen LogP contribution < -0.4 is 11.2 Å². The van der Waals surface area contributed by atoms with Crippen molar-refractivity contribution in [3.05, 3.63) is 32.6 Å². The SMILES string of the molecule is CO[C@]1(CO)O[C@@H](n2cc(C)c(=O)[nH]c2=O)C[C@@H]1O[PH](=O)O. The topological polar surface area (TPSA) is 140 Å². The van der Waals surface area contributed by atoms with Crippen molar-refractivity contribution in [1.82, 2.24) is 9.55 Å². The lowest BCUT2D eigenvalue weighted by Crippen LogP contribution is -2.45. The summed E-state index contributed by atoms with van der Waals surface area (Å²) in [5.74, 6) is -1.67. The van der Waals surface area contributed by atoms with Crippen LogP contribution in [0.1, 0.15) is 18.2 Å². The Morgan fingerprint density at radius 1 is 1.59 bits per heavy atom. The molecule has 124 valence electrons. The normalized spacial score (nSPS) is 29.6. The van der Waals surface area contributed by atoms with E-state index in [0.717, 1.165) is 4.57 Å². The molecule has 2 rings (SSSR count). The van der Waals surface area contributed by atoms with Crippen LogP contribution in [0.15, 0.2) is 15.8 Å². The van der Waals surface area contributed by atoms with Gasteiger partial charge in [-0.3, -0.25) is 18.9 Å². The van der Waals surface area contributed by atoms with Crippen LogP contribution in [-0.4, -0.2) is 45.2 Å². The Morgan fingerprint density at radius 3 is 2.82 bits per heavy atom. The van der Waals surface area contributed by atoms with Gasteiger partial charge in [0.2, 0.25) is 5.79 Å². The van der Waals surface area contributed by atoms with Crippen molar-refractivity contribution in [3.63, 3.8) is 0 Å². The number of ether oxygens (including phenoxy) is 2. The largest absolute Gasteiger partial charge is 0.391 e. The first-order chi connectivity index (χ1) is 10.3. The van der Waals surface area contributed by atoms with Crippen LogP contribution in [-0.2, 0) is 18.6 Å². The molecule has 1 aromatic rings. The number of aliphatic hydroxyl groups excluding tert-OH is 1. The lowest BCUT2D eigenvalue weighted by molar-refractivity contribution is -0.266. The molecule has 0 saturated carbocycles. The van der Waals surface area contributed by atoms with Gasteiger partial charge in [0.1, 0.15) is 12.3 Å². The molecular formula is C11H17N2O8P. The summed E-state index contributed by atoms with van der Waals surface area (Å²) in [5.41, 5.74) is -0.941. The van der Waals surface area contributed by atoms with Gasteiger partial charge in [-0.15, -0.1) is 0 Å². The van der Waals surface area contributed by atoms with Gasteiger partial charge in [0.25, 0.3) is 5.56 Å². The van der Waals surface area contributed by atoms with Gasteiger partial charge in [-0.05, 0) is 6.92 Å². The zero-order valence-electron chi connectivity index (χ0n) is 11.9. The van der Waals surface area contributed by atoms with Crippen LogP contribution in [0.3, 0.4) is 0 Å². The first-order valence-electron chi connectivity index (χ1n) is 6.38. The summed E-state index contributed by atoms with van der Waals surface area (Å²) in [4.78, 5) is 34.3. The van der Waals surface area contributed by atoms with E-state index in [1.807, 2.05) is 0 Å². The smallest absolute Gasteiger partial charge is 0.330 e. The fourth-order valence-corrected chi connectivity index (χ4v) is 2.85. The highest BCUT2D eigenvalue weighted by Gasteiger charge is 2.51. The van der Waals surface area contributed by atoms with Gasteiger partial charge in [0, 0.05) is 25.3 Å². The Balaban J connectivity index is 2.39. The van der Waals surface area contributed by atoms with E-state index in [-0.39, 0.29) is 12.0 Å². The number of rotatable bonds is 5. The van der Waals surface area contributed by atoms with E-state index in [4.69, 9.17) is 18.9 Å². The van der Waals surface area contributed by atoms with Crippen LogP contribution in [0.4, 0.5) is 0 Å². The molecule has 1 aromatic heterocycles. The highest BCUT2D eigenvalue weighted by molar-refractivity contribution is 7.32. The van der Waals surface area contributed by atoms with Crippen molar-refractivity contribution in [2.45, 2.75) is 31.5 Å². The molecule has 11 heteroatoms. The molecule has 0 aliphatic carbocycles. The van der Waals surface area contributed by atoms with E-state index in [1.54, 1.807) is 0 Å². The number of nitrogens with zero attached hydrogens (tertiary/aromatic N) is 1. The monoisotopic (exact) mass is 336 g/mol. The lowest BCUT2D eigenvalue weighted by atomic mass is 10.1. The molecule has 4 atom stereocenters. The molecule has 0 radical (unpaired) electrons. The summed E-state index contributed by atoms with van der Waals surface area (Å²) in [6.07, 6.45) is -0.699. The average Bonchev–Trinajstić information content (AvgIpc) is 2.81. The summed E-state index contributed by atoms with van der Waals surface area (Å²) < 4.78 is 27.5. The first kappa shape index (κ1) is 17.1. The predicted molar refractivity (Wildman–Crippen MR) is 73.7 cm³/mol. The van der Waals surface area contributed by atoms with Crippen molar-refractivity contribution >= 4 is 8.25 Å². The highest BCUT2D eigenvalue weighted by Crippen LogP contribution is 2.41. The maximum Gasteiger partial charge on any atom is 0.330 e. The molecule has 0 bridgehead atoms. The Hall–Kier alpha value is -1.29. The minimum absolute atomic E-state index is 0.0171. The minimum Gasteiger partial charge on any atom is -0.391 e. The van der Waals surface area contributed by atoms with Gasteiger partial charge >= 0.3 is 13.9 Å². The number of methoxy groups -OCH3 is 1. The molecule has 0 amide bonds. The van der Waals surface area contributed by atoms with Crippen LogP contribution in [0.2, 0.25) is 0 Å². The van der Waals surface area contributed by atoms with Gasteiger partial charge in [-0.2, -0.15) is 0 Å². The number of nitrogens with one attached hydrogen (secondary N) is 1. The molecular weight excluding hydrogens is 319 g/mol. The number of hydrogen-bond donors (Lipinski definition) is 3. The molecule has 1 unspecified atom stereocenters. The van der Waals surface area contributed by atoms with Crippen molar-refractivity contribution in [1.29, 1.82) is 0 Å². The third kappa shape index (κ3) is 3.07. The number of aromatic nitrogens is 2. The second kappa shape index (κ2) is 6.45. The van der Waals surface area contributed by atoms with Crippen LogP contribution in [0.5, 0.6) is 0 Å². The molecule has 0 aromatic carbocycles. The molecule has 2 heterocycles. The van der Waals surface area contributed by atoms with E-state index >= 15 is 0 Å². The Morgan fingerprint density at radius 2 is 2.27 bits per heavy atom. The molecule has 1 aliphatic rings. The standard InChI is InChI=1S/C11H17N2O8P/c1-6-4-13(10(16)12-9(6)15)8-3-7(21-22(17)18)11(5-14,19-2)20-8/h4,7-8,14,22H,3,5H2,1-2H3,(H,17,18)(H,12,15,16)/t7-,8+,11+/m0/s1. The molecule has 0 spiro atoms. The second-order valence-electron chi connectivity index (χ2n) is 4.83. The summed E-state index contributed by atoms with van der Waals surface area (Å²) >= 11 is 0. The summed E-state index contributed by atoms with van der Waals surface area (Å²) in [6.45, 7) is 0.872. The fraction of sp³-hybridized carbons (Fsp3) is 0.636. The summed E-state index contributed by atoms with van der Waals surface area (Å²) in [7, 11) is -2.06. The third-order valence-corrected chi connectivity index (χ3v) is 3.99. The van der Waals surface area contributed by atoms with Crippen LogP contribution >= 0.6 is 8.25 Å². The minimum atomic E-state index is -3.30. The quantitative estimate of drug-likeness (QED) is 0.574. The maximum absolute atomic E-state index is 11.9. The zero-order valence-corrected chi connectivity index (χ0v) is 12.9. The number of aromatic amines is 1. The van der Waals surface area contributed by atoms with Crippen molar-refractivity contribution in [2.24, 2.45) is 0 Å². The average molecular weight is 336 g/mol. The molecule has 1 fully saturated rings.